The number of carbonyl (C=O) groups is 1. The normalized spacial score (nSPS) is 15.4. The van der Waals surface area contributed by atoms with Crippen molar-refractivity contribution in [3.8, 4) is 5.95 Å². The van der Waals surface area contributed by atoms with Crippen LogP contribution in [0.2, 0.25) is 0 Å². The highest BCUT2D eigenvalue weighted by atomic mass is 16.1. The third-order valence-electron chi connectivity index (χ3n) is 6.81. The van der Waals surface area contributed by atoms with E-state index in [1.54, 1.807) is 6.07 Å². The molecule has 0 atom stereocenters. The SMILES string of the molecule is NC(=O)c1cccc2c1cc(C1CC1)n2-c1nc2c(c(NCc3ccccc3)n1)CCCC2. The number of nitrogens with zero attached hydrogens (tertiary/aromatic N) is 3. The number of hydrogen-bond acceptors (Lipinski definition) is 4. The van der Waals surface area contributed by atoms with Gasteiger partial charge in [-0.05, 0) is 68.2 Å². The van der Waals surface area contributed by atoms with Crippen LogP contribution >= 0.6 is 0 Å². The molecule has 6 heteroatoms. The maximum atomic E-state index is 12.1. The number of rotatable bonds is 6. The van der Waals surface area contributed by atoms with Crippen LogP contribution in [0.25, 0.3) is 16.9 Å². The summed E-state index contributed by atoms with van der Waals surface area (Å²) >= 11 is 0. The Bertz CT molecular complexity index is 1350. The van der Waals surface area contributed by atoms with Crippen molar-refractivity contribution in [3.63, 3.8) is 0 Å². The Balaban J connectivity index is 1.50. The zero-order chi connectivity index (χ0) is 22.4. The van der Waals surface area contributed by atoms with Gasteiger partial charge in [-0.2, -0.15) is 4.98 Å². The number of aromatic nitrogens is 3. The molecule has 2 aromatic heterocycles. The van der Waals surface area contributed by atoms with E-state index < -0.39 is 5.91 Å². The second kappa shape index (κ2) is 8.03. The molecular weight excluding hydrogens is 410 g/mol. The summed E-state index contributed by atoms with van der Waals surface area (Å²) < 4.78 is 2.15. The highest BCUT2D eigenvalue weighted by Crippen LogP contribution is 2.44. The largest absolute Gasteiger partial charge is 0.366 e. The lowest BCUT2D eigenvalue weighted by Crippen LogP contribution is -2.16. The quantitative estimate of drug-likeness (QED) is 0.450. The number of aryl methyl sites for hydroxylation is 1. The van der Waals surface area contributed by atoms with Crippen molar-refractivity contribution < 1.29 is 4.79 Å². The average molecular weight is 438 g/mol. The summed E-state index contributed by atoms with van der Waals surface area (Å²) in [5.74, 6) is 1.67. The summed E-state index contributed by atoms with van der Waals surface area (Å²) in [6, 6.07) is 18.2. The minimum Gasteiger partial charge on any atom is -0.366 e. The van der Waals surface area contributed by atoms with Gasteiger partial charge in [-0.3, -0.25) is 9.36 Å². The van der Waals surface area contributed by atoms with Gasteiger partial charge < -0.3 is 11.1 Å². The monoisotopic (exact) mass is 437 g/mol. The van der Waals surface area contributed by atoms with Gasteiger partial charge in [0.25, 0.3) is 0 Å². The Morgan fingerprint density at radius 3 is 2.64 bits per heavy atom. The van der Waals surface area contributed by atoms with Crippen LogP contribution in [0.3, 0.4) is 0 Å². The first kappa shape index (κ1) is 20.0. The van der Waals surface area contributed by atoms with Gasteiger partial charge in [0.2, 0.25) is 11.9 Å². The van der Waals surface area contributed by atoms with Crippen molar-refractivity contribution in [1.82, 2.24) is 14.5 Å². The number of nitrogens with two attached hydrogens (primary N) is 1. The first-order chi connectivity index (χ1) is 16.2. The fourth-order valence-corrected chi connectivity index (χ4v) is 4.98. The zero-order valence-corrected chi connectivity index (χ0v) is 18.6. The third-order valence-corrected chi connectivity index (χ3v) is 6.81. The van der Waals surface area contributed by atoms with Gasteiger partial charge >= 0.3 is 0 Å². The van der Waals surface area contributed by atoms with E-state index >= 15 is 0 Å². The molecule has 1 amide bonds. The standard InChI is InChI=1S/C27H27N5O/c28-25(33)19-10-6-12-23-21(19)15-24(18-13-14-18)32(23)27-30-22-11-5-4-9-20(22)26(31-27)29-16-17-7-2-1-3-8-17/h1-3,6-8,10,12,15,18H,4-5,9,11,13-14,16H2,(H2,28,33)(H,29,30,31). The molecular formula is C27H27N5O. The van der Waals surface area contributed by atoms with Gasteiger partial charge in [-0.1, -0.05) is 36.4 Å². The van der Waals surface area contributed by atoms with Crippen LogP contribution in [0.4, 0.5) is 5.82 Å². The van der Waals surface area contributed by atoms with E-state index in [9.17, 15) is 4.79 Å². The average Bonchev–Trinajstić information content (AvgIpc) is 3.62. The molecule has 6 nitrogen and oxygen atoms in total. The Kier molecular flexibility index (Phi) is 4.86. The number of amides is 1. The first-order valence-electron chi connectivity index (χ1n) is 11.8. The van der Waals surface area contributed by atoms with Gasteiger partial charge in [-0.15, -0.1) is 0 Å². The van der Waals surface area contributed by atoms with Gasteiger partial charge in [0, 0.05) is 28.8 Å². The minimum absolute atomic E-state index is 0.406. The molecule has 1 fully saturated rings. The number of fused-ring (bicyclic) bond motifs is 2. The Morgan fingerprint density at radius 2 is 1.85 bits per heavy atom. The zero-order valence-electron chi connectivity index (χ0n) is 18.6. The molecule has 2 aliphatic rings. The van der Waals surface area contributed by atoms with Crippen LogP contribution in [0, 0.1) is 0 Å². The van der Waals surface area contributed by atoms with E-state index in [2.05, 4.69) is 40.2 Å². The molecule has 0 bridgehead atoms. The Labute approximate surface area is 192 Å². The van der Waals surface area contributed by atoms with E-state index in [4.69, 9.17) is 15.7 Å². The number of benzene rings is 2. The molecule has 166 valence electrons. The van der Waals surface area contributed by atoms with E-state index in [-0.39, 0.29) is 0 Å². The molecule has 2 heterocycles. The maximum absolute atomic E-state index is 12.1. The van der Waals surface area contributed by atoms with Crippen LogP contribution in [0.15, 0.2) is 54.6 Å². The van der Waals surface area contributed by atoms with Crippen molar-refractivity contribution in [1.29, 1.82) is 0 Å². The van der Waals surface area contributed by atoms with Crippen LogP contribution in [0.1, 0.15) is 64.5 Å². The first-order valence-corrected chi connectivity index (χ1v) is 11.8. The summed E-state index contributed by atoms with van der Waals surface area (Å²) in [6.45, 7) is 0.720. The molecule has 0 spiro atoms. The molecule has 0 unspecified atom stereocenters. The lowest BCUT2D eigenvalue weighted by atomic mass is 9.96. The fraction of sp³-hybridized carbons (Fsp3) is 0.296. The molecule has 6 rings (SSSR count). The summed E-state index contributed by atoms with van der Waals surface area (Å²) in [7, 11) is 0. The summed E-state index contributed by atoms with van der Waals surface area (Å²) in [4.78, 5) is 22.2. The molecule has 2 aromatic carbocycles. The number of anilines is 1. The smallest absolute Gasteiger partial charge is 0.249 e. The van der Waals surface area contributed by atoms with Crippen molar-refractivity contribution in [2.75, 3.05) is 5.32 Å². The maximum Gasteiger partial charge on any atom is 0.249 e. The van der Waals surface area contributed by atoms with Crippen LogP contribution in [0.5, 0.6) is 0 Å². The lowest BCUT2D eigenvalue weighted by Gasteiger charge is -2.21. The predicted octanol–water partition coefficient (Wildman–Crippen LogP) is 4.89. The third kappa shape index (κ3) is 3.65. The molecule has 2 aliphatic carbocycles. The molecule has 33 heavy (non-hydrogen) atoms. The highest BCUT2D eigenvalue weighted by molar-refractivity contribution is 6.06. The molecule has 0 aliphatic heterocycles. The van der Waals surface area contributed by atoms with Crippen molar-refractivity contribution >= 4 is 22.6 Å². The molecule has 0 saturated heterocycles. The highest BCUT2D eigenvalue weighted by Gasteiger charge is 2.31. The lowest BCUT2D eigenvalue weighted by molar-refractivity contribution is 0.100. The number of primary amides is 1. The van der Waals surface area contributed by atoms with Gasteiger partial charge in [0.1, 0.15) is 5.82 Å². The summed E-state index contributed by atoms with van der Waals surface area (Å²) in [5, 5.41) is 4.48. The van der Waals surface area contributed by atoms with Crippen molar-refractivity contribution in [2.24, 2.45) is 5.73 Å². The number of nitrogens with one attached hydrogen (secondary N) is 1. The minimum atomic E-state index is -0.406. The van der Waals surface area contributed by atoms with Gasteiger partial charge in [0.15, 0.2) is 0 Å². The number of hydrogen-bond donors (Lipinski definition) is 2. The summed E-state index contributed by atoms with van der Waals surface area (Å²) in [6.07, 6.45) is 6.57. The molecule has 3 N–H and O–H groups in total. The van der Waals surface area contributed by atoms with E-state index in [0.29, 0.717) is 17.4 Å². The predicted molar refractivity (Wildman–Crippen MR) is 130 cm³/mol. The Hall–Kier alpha value is -3.67. The molecule has 1 saturated carbocycles. The van der Waals surface area contributed by atoms with Gasteiger partial charge in [0.05, 0.1) is 11.2 Å². The van der Waals surface area contributed by atoms with Crippen LogP contribution < -0.4 is 11.1 Å². The second-order valence-corrected chi connectivity index (χ2v) is 9.13. The van der Waals surface area contributed by atoms with Crippen molar-refractivity contribution in [3.05, 3.63) is 82.7 Å². The van der Waals surface area contributed by atoms with Gasteiger partial charge in [-0.25, -0.2) is 4.98 Å². The fourth-order valence-electron chi connectivity index (χ4n) is 4.98. The topological polar surface area (TPSA) is 85.8 Å². The molecule has 0 radical (unpaired) electrons. The Morgan fingerprint density at radius 1 is 1.03 bits per heavy atom. The molecule has 4 aromatic rings. The van der Waals surface area contributed by atoms with E-state index in [1.165, 1.54) is 16.8 Å². The van der Waals surface area contributed by atoms with Crippen LogP contribution in [-0.2, 0) is 19.4 Å². The van der Waals surface area contributed by atoms with Crippen LogP contribution in [-0.4, -0.2) is 20.4 Å². The number of carbonyl (C=O) groups excluding carboxylic acids is 1. The van der Waals surface area contributed by atoms with E-state index in [0.717, 1.165) is 67.5 Å². The van der Waals surface area contributed by atoms with Crippen molar-refractivity contribution in [2.45, 2.75) is 51.0 Å². The summed E-state index contributed by atoms with van der Waals surface area (Å²) in [5.41, 5.74) is 11.9. The van der Waals surface area contributed by atoms with E-state index in [1.807, 2.05) is 18.2 Å². The second-order valence-electron chi connectivity index (χ2n) is 9.13.